The summed E-state index contributed by atoms with van der Waals surface area (Å²) in [7, 11) is -4.40. The Morgan fingerprint density at radius 2 is 2.06 bits per heavy atom. The van der Waals surface area contributed by atoms with Crippen molar-refractivity contribution in [2.24, 2.45) is 0 Å². The van der Waals surface area contributed by atoms with Crippen LogP contribution in [0.2, 0.25) is 0 Å². The molecule has 0 aliphatic carbocycles. The van der Waals surface area contributed by atoms with E-state index in [1.165, 1.54) is 0 Å². The van der Waals surface area contributed by atoms with Gasteiger partial charge in [0.05, 0.1) is 20.3 Å². The van der Waals surface area contributed by atoms with Crippen LogP contribution in [0.4, 0.5) is 13.2 Å². The van der Waals surface area contributed by atoms with Crippen LogP contribution in [0.5, 0.6) is 0 Å². The largest absolute Gasteiger partial charge is 0.511 e. The predicted molar refractivity (Wildman–Crippen MR) is 48.3 cm³/mol. The second-order valence-corrected chi connectivity index (χ2v) is 5.12. The van der Waals surface area contributed by atoms with Gasteiger partial charge in [0.2, 0.25) is 0 Å². The molecule has 1 fully saturated rings. The van der Waals surface area contributed by atoms with Crippen LogP contribution in [0.15, 0.2) is 0 Å². The van der Waals surface area contributed by atoms with Gasteiger partial charge in [0.15, 0.2) is 6.10 Å². The summed E-state index contributed by atoms with van der Waals surface area (Å²) in [6, 6.07) is 0. The quantitative estimate of drug-likeness (QED) is 0.648. The molecule has 1 aliphatic heterocycles. The first-order chi connectivity index (χ1) is 7.70. The molecule has 0 aromatic rings. The molecular formula is C7H10F3NO5S. The van der Waals surface area contributed by atoms with Crippen molar-refractivity contribution in [3.8, 4) is 0 Å². The highest BCUT2D eigenvalue weighted by Gasteiger charge is 2.51. The van der Waals surface area contributed by atoms with Crippen LogP contribution in [-0.2, 0) is 24.3 Å². The van der Waals surface area contributed by atoms with Gasteiger partial charge in [0, 0.05) is 6.54 Å². The maximum Gasteiger partial charge on any atom is 0.511 e. The average molecular weight is 277 g/mol. The number of ether oxygens (including phenoxy) is 2. The van der Waals surface area contributed by atoms with Crippen LogP contribution in [0.1, 0.15) is 0 Å². The molecule has 0 saturated carbocycles. The van der Waals surface area contributed by atoms with E-state index in [-0.39, 0.29) is 10.9 Å². The van der Waals surface area contributed by atoms with Crippen molar-refractivity contribution in [1.29, 1.82) is 0 Å². The zero-order valence-corrected chi connectivity index (χ0v) is 9.55. The highest BCUT2D eigenvalue weighted by Crippen LogP contribution is 2.28. The molecule has 0 spiro atoms. The van der Waals surface area contributed by atoms with Crippen molar-refractivity contribution in [1.82, 2.24) is 4.31 Å². The lowest BCUT2D eigenvalue weighted by Crippen LogP contribution is -2.52. The van der Waals surface area contributed by atoms with Crippen molar-refractivity contribution in [3.05, 3.63) is 0 Å². The summed E-state index contributed by atoms with van der Waals surface area (Å²) < 4.78 is 68.1. The third kappa shape index (κ3) is 2.87. The number of sulfonamides is 1. The van der Waals surface area contributed by atoms with Crippen molar-refractivity contribution in [2.45, 2.75) is 11.6 Å². The topological polar surface area (TPSA) is 72.9 Å². The number of carbonyl (C=O) groups is 1. The molecular weight excluding hydrogens is 267 g/mol. The maximum absolute atomic E-state index is 12.2. The molecule has 0 N–H and O–H groups in total. The average Bonchev–Trinajstić information content (AvgIpc) is 2.26. The molecule has 17 heavy (non-hydrogen) atoms. The van der Waals surface area contributed by atoms with Gasteiger partial charge < -0.3 is 9.47 Å². The summed E-state index contributed by atoms with van der Waals surface area (Å²) in [4.78, 5) is 11.0. The third-order valence-electron chi connectivity index (χ3n) is 2.13. The van der Waals surface area contributed by atoms with E-state index < -0.39 is 40.7 Å². The first-order valence-corrected chi connectivity index (χ1v) is 5.90. The standard InChI is InChI=1S/C7H10F3NO5S/c1-15-6(12)5-4-11(2-3-16-5)17(13,14)7(8,9)10/h5H,2-4H2,1H3. The van der Waals surface area contributed by atoms with E-state index in [0.29, 0.717) is 0 Å². The molecule has 1 aliphatic rings. The van der Waals surface area contributed by atoms with Gasteiger partial charge >= 0.3 is 21.5 Å². The van der Waals surface area contributed by atoms with Gasteiger partial charge in [-0.05, 0) is 0 Å². The Labute approximate surface area is 95.3 Å². The summed E-state index contributed by atoms with van der Waals surface area (Å²) in [6.07, 6.45) is -1.33. The molecule has 0 bridgehead atoms. The van der Waals surface area contributed by atoms with Crippen LogP contribution < -0.4 is 0 Å². The number of alkyl halides is 3. The van der Waals surface area contributed by atoms with E-state index in [4.69, 9.17) is 4.74 Å². The van der Waals surface area contributed by atoms with Gasteiger partial charge in [-0.3, -0.25) is 0 Å². The number of esters is 1. The van der Waals surface area contributed by atoms with Crippen LogP contribution in [0.3, 0.4) is 0 Å². The molecule has 6 nitrogen and oxygen atoms in total. The SMILES string of the molecule is COC(=O)C1CN(S(=O)(=O)C(F)(F)F)CCO1. The predicted octanol–water partition coefficient (Wildman–Crippen LogP) is -0.290. The van der Waals surface area contributed by atoms with Gasteiger partial charge in [0.1, 0.15) is 0 Å². The Kier molecular flexibility index (Phi) is 3.99. The maximum atomic E-state index is 12.2. The second-order valence-electron chi connectivity index (χ2n) is 3.19. The highest BCUT2D eigenvalue weighted by atomic mass is 32.2. The summed E-state index contributed by atoms with van der Waals surface area (Å²) in [5, 5.41) is 0. The molecule has 0 amide bonds. The normalized spacial score (nSPS) is 23.4. The number of carbonyl (C=O) groups excluding carboxylic acids is 1. The minimum absolute atomic E-state index is 0.165. The van der Waals surface area contributed by atoms with Crippen molar-refractivity contribution in [2.75, 3.05) is 26.8 Å². The summed E-state index contributed by atoms with van der Waals surface area (Å²) >= 11 is 0. The fraction of sp³-hybridized carbons (Fsp3) is 0.857. The molecule has 100 valence electrons. The molecule has 10 heteroatoms. The van der Waals surface area contributed by atoms with E-state index in [1.54, 1.807) is 0 Å². The number of rotatable bonds is 2. The Balaban J connectivity index is 2.84. The number of hydrogen-bond acceptors (Lipinski definition) is 5. The first kappa shape index (κ1) is 14.2. The lowest BCUT2D eigenvalue weighted by molar-refractivity contribution is -0.158. The molecule has 1 atom stereocenters. The molecule has 0 aromatic carbocycles. The molecule has 1 heterocycles. The van der Waals surface area contributed by atoms with Gasteiger partial charge in [-0.1, -0.05) is 0 Å². The van der Waals surface area contributed by atoms with Crippen LogP contribution in [0.25, 0.3) is 0 Å². The van der Waals surface area contributed by atoms with Gasteiger partial charge in [0.25, 0.3) is 0 Å². The number of methoxy groups -OCH3 is 1. The molecule has 1 saturated heterocycles. The Morgan fingerprint density at radius 3 is 2.53 bits per heavy atom. The smallest absolute Gasteiger partial charge is 0.467 e. The van der Waals surface area contributed by atoms with Crippen molar-refractivity contribution in [3.63, 3.8) is 0 Å². The van der Waals surface area contributed by atoms with Gasteiger partial charge in [-0.2, -0.15) is 17.5 Å². The number of morpholine rings is 1. The lowest BCUT2D eigenvalue weighted by Gasteiger charge is -2.30. The molecule has 0 radical (unpaired) electrons. The molecule has 1 unspecified atom stereocenters. The zero-order valence-electron chi connectivity index (χ0n) is 8.73. The van der Waals surface area contributed by atoms with E-state index in [9.17, 15) is 26.4 Å². The zero-order chi connectivity index (χ0) is 13.3. The molecule has 1 rings (SSSR count). The second kappa shape index (κ2) is 4.78. The van der Waals surface area contributed by atoms with Crippen molar-refractivity contribution >= 4 is 16.0 Å². The Morgan fingerprint density at radius 1 is 1.47 bits per heavy atom. The minimum atomic E-state index is -5.43. The first-order valence-electron chi connectivity index (χ1n) is 4.46. The van der Waals surface area contributed by atoms with Gasteiger partial charge in [-0.25, -0.2) is 13.2 Å². The fourth-order valence-corrected chi connectivity index (χ4v) is 2.20. The highest BCUT2D eigenvalue weighted by molar-refractivity contribution is 7.90. The number of hydrogen-bond donors (Lipinski definition) is 0. The fourth-order valence-electron chi connectivity index (χ4n) is 1.26. The summed E-state index contributed by atoms with van der Waals surface area (Å²) in [5.74, 6) is -0.910. The minimum Gasteiger partial charge on any atom is -0.467 e. The Hall–Kier alpha value is -0.870. The lowest BCUT2D eigenvalue weighted by atomic mass is 10.3. The van der Waals surface area contributed by atoms with Crippen molar-refractivity contribution < 1.29 is 35.9 Å². The van der Waals surface area contributed by atoms with Gasteiger partial charge in [-0.15, -0.1) is 0 Å². The summed E-state index contributed by atoms with van der Waals surface area (Å²) in [5.41, 5.74) is -5.38. The van der Waals surface area contributed by atoms with Crippen LogP contribution in [0, 0.1) is 0 Å². The van der Waals surface area contributed by atoms with E-state index in [1.807, 2.05) is 0 Å². The number of nitrogens with zero attached hydrogens (tertiary/aromatic N) is 1. The van der Waals surface area contributed by atoms with E-state index in [2.05, 4.69) is 4.74 Å². The summed E-state index contributed by atoms with van der Waals surface area (Å²) in [6.45, 7) is -1.45. The Bertz CT molecular complexity index is 393. The third-order valence-corrected chi connectivity index (χ3v) is 3.72. The van der Waals surface area contributed by atoms with E-state index in [0.717, 1.165) is 7.11 Å². The molecule has 0 aromatic heterocycles. The van der Waals surface area contributed by atoms with Crippen LogP contribution >= 0.6 is 0 Å². The van der Waals surface area contributed by atoms with Crippen LogP contribution in [-0.4, -0.2) is 57.1 Å². The monoisotopic (exact) mass is 277 g/mol. The van der Waals surface area contributed by atoms with E-state index >= 15 is 0 Å². The number of halogens is 3.